The monoisotopic (exact) mass is 1310 g/mol. The molecule has 4 heterocycles. The molecule has 0 saturated carbocycles. The molecule has 92 heavy (non-hydrogen) atoms. The Morgan fingerprint density at radius 2 is 0.663 bits per heavy atom. The lowest BCUT2D eigenvalue weighted by Crippen LogP contribution is -2.46. The maximum Gasteiger partial charge on any atom is 0.407 e. The first-order valence-electron chi connectivity index (χ1n) is 36.7. The van der Waals surface area contributed by atoms with Crippen molar-refractivity contribution in [3.05, 3.63) is 24.3 Å². The van der Waals surface area contributed by atoms with Crippen molar-refractivity contribution in [2.75, 3.05) is 119 Å². The zero-order valence-corrected chi connectivity index (χ0v) is 59.8. The summed E-state index contributed by atoms with van der Waals surface area (Å²) in [5.41, 5.74) is 0. The van der Waals surface area contributed by atoms with Crippen LogP contribution in [-0.4, -0.2) is 197 Å². The molecule has 0 aromatic carbocycles. The van der Waals surface area contributed by atoms with Crippen LogP contribution in [0.3, 0.4) is 0 Å². The molecule has 5 atom stereocenters. The van der Waals surface area contributed by atoms with E-state index >= 15 is 0 Å². The van der Waals surface area contributed by atoms with Crippen molar-refractivity contribution in [1.29, 1.82) is 0 Å². The minimum Gasteiger partial charge on any atom is -0.447 e. The Kier molecular flexibility index (Phi) is 45.3. The van der Waals surface area contributed by atoms with E-state index in [2.05, 4.69) is 43.5 Å². The van der Waals surface area contributed by atoms with Crippen LogP contribution in [0.5, 0.6) is 0 Å². The molecule has 1 N–H and O–H groups in total. The van der Waals surface area contributed by atoms with E-state index in [9.17, 15) is 4.79 Å². The highest BCUT2D eigenvalue weighted by molar-refractivity contribution is 5.67. The van der Waals surface area contributed by atoms with Gasteiger partial charge in [-0.15, -0.1) is 0 Å². The van der Waals surface area contributed by atoms with Crippen molar-refractivity contribution < 1.29 is 85.3 Å². The molecule has 0 radical (unpaired) electrons. The number of amides is 1. The summed E-state index contributed by atoms with van der Waals surface area (Å²) >= 11 is 0. The molecule has 19 nitrogen and oxygen atoms in total. The Morgan fingerprint density at radius 3 is 0.989 bits per heavy atom. The van der Waals surface area contributed by atoms with Gasteiger partial charge in [-0.05, 0) is 120 Å². The first kappa shape index (κ1) is 82.5. The largest absolute Gasteiger partial charge is 0.447 e. The van der Waals surface area contributed by atoms with E-state index in [-0.39, 0.29) is 70.7 Å². The van der Waals surface area contributed by atoms with E-state index < -0.39 is 53.6 Å². The van der Waals surface area contributed by atoms with Crippen LogP contribution in [0.15, 0.2) is 24.3 Å². The number of hydrogen-bond donors (Lipinski definition) is 1. The summed E-state index contributed by atoms with van der Waals surface area (Å²) in [5, 5.41) is 3.05. The van der Waals surface area contributed by atoms with Crippen LogP contribution >= 0.6 is 0 Å². The molecule has 0 aromatic heterocycles. The average Bonchev–Trinajstić information content (AvgIpc) is 3.13. The third-order valence-corrected chi connectivity index (χ3v) is 16.6. The molecule has 1 amide bonds. The Balaban J connectivity index is 1.35. The molecule has 5 unspecified atom stereocenters. The summed E-state index contributed by atoms with van der Waals surface area (Å²) in [5.74, 6) is -2.76. The van der Waals surface area contributed by atoms with Crippen LogP contribution in [0.25, 0.3) is 0 Å². The lowest BCUT2D eigenvalue weighted by atomic mass is 10.1. The number of unbranched alkanes of at least 4 members (excludes halogenated alkanes) is 24. The molecular formula is C73H135NO18. The van der Waals surface area contributed by atoms with Gasteiger partial charge in [0.25, 0.3) is 0 Å². The van der Waals surface area contributed by atoms with Gasteiger partial charge in [0, 0.05) is 13.2 Å². The molecule has 0 aromatic rings. The summed E-state index contributed by atoms with van der Waals surface area (Å²) < 4.78 is 104. The SMILES string of the molecule is CCCCCCCC/C=C\CCCCCCCCOCC(COC(=O)NC(COC(COCC1COC(C)(C)O1)COCC1COC(C)(C)O1)COC(COCC1COC(C)(C)O1)COCC1COC(C)(C)O1)OCCCCCCCC/C=C\CCCCCCCC. The second-order valence-corrected chi connectivity index (χ2v) is 27.7. The van der Waals surface area contributed by atoms with E-state index in [1.165, 1.54) is 148 Å². The number of alkyl carbamates (subject to hydrolysis) is 1. The van der Waals surface area contributed by atoms with Gasteiger partial charge in [0.15, 0.2) is 23.1 Å². The molecule has 4 aliphatic heterocycles. The van der Waals surface area contributed by atoms with E-state index in [1.807, 2.05) is 55.4 Å². The van der Waals surface area contributed by atoms with Crippen LogP contribution < -0.4 is 5.32 Å². The standard InChI is InChI=1S/C73H135NO18/c1-11-13-15-17-19-21-23-25-27-29-31-33-35-37-39-41-43-76-47-64(81-44-42-40-38-36-34-32-30-28-26-24-22-20-18-16-14-12-2)56-84-69(75)74-61(45-82-62(48-77-52-65-57-85-70(3,4)89-65)49-78-53-66-58-86-71(5,6)90-66)46-83-63(50-79-54-67-59-87-72(7,8)91-67)51-80-55-68-60-88-73(9,10)92-68/h25-28,61-68H,11-24,29-60H2,1-10H3,(H,74,75)/b27-25-,28-26-. The molecular weight excluding hydrogens is 1180 g/mol. The second kappa shape index (κ2) is 50.4. The van der Waals surface area contributed by atoms with Gasteiger partial charge in [0.1, 0.15) is 49.3 Å². The summed E-state index contributed by atoms with van der Waals surface area (Å²) in [7, 11) is 0. The highest BCUT2D eigenvalue weighted by Gasteiger charge is 2.36. The maximum atomic E-state index is 14.1. The number of carbonyl (C=O) groups is 1. The Labute approximate surface area is 558 Å². The fourth-order valence-electron chi connectivity index (χ4n) is 11.4. The lowest BCUT2D eigenvalue weighted by molar-refractivity contribution is -0.153. The first-order chi connectivity index (χ1) is 44.4. The predicted octanol–water partition coefficient (Wildman–Crippen LogP) is 15.0. The highest BCUT2D eigenvalue weighted by Crippen LogP contribution is 2.26. The fourth-order valence-corrected chi connectivity index (χ4v) is 11.4. The summed E-state index contributed by atoms with van der Waals surface area (Å²) in [6.45, 7) is 24.7. The fraction of sp³-hybridized carbons (Fsp3) is 0.932. The normalized spacial score (nSPS) is 22.3. The zero-order valence-electron chi connectivity index (χ0n) is 59.8. The third-order valence-electron chi connectivity index (χ3n) is 16.6. The van der Waals surface area contributed by atoms with Crippen LogP contribution in [0.1, 0.15) is 249 Å². The summed E-state index contributed by atoms with van der Waals surface area (Å²) in [6.07, 6.45) is 41.2. The van der Waals surface area contributed by atoms with E-state index in [0.717, 1.165) is 32.1 Å². The quantitative estimate of drug-likeness (QED) is 0.0447. The van der Waals surface area contributed by atoms with Crippen LogP contribution in [0.4, 0.5) is 4.79 Å². The lowest BCUT2D eigenvalue weighted by Gasteiger charge is -2.26. The van der Waals surface area contributed by atoms with Gasteiger partial charge in [-0.2, -0.15) is 0 Å². The summed E-state index contributed by atoms with van der Waals surface area (Å²) in [4.78, 5) is 14.1. The van der Waals surface area contributed by atoms with Crippen LogP contribution in [0, 0.1) is 0 Å². The topological polar surface area (TPSA) is 186 Å². The molecule has 4 rings (SSSR count). The van der Waals surface area contributed by atoms with Crippen LogP contribution in [0.2, 0.25) is 0 Å². The Morgan fingerprint density at radius 1 is 0.370 bits per heavy atom. The molecule has 0 bridgehead atoms. The van der Waals surface area contributed by atoms with Gasteiger partial charge < -0.3 is 85.8 Å². The number of rotatable bonds is 60. The summed E-state index contributed by atoms with van der Waals surface area (Å²) in [6, 6.07) is -0.699. The predicted molar refractivity (Wildman–Crippen MR) is 360 cm³/mol. The van der Waals surface area contributed by atoms with Gasteiger partial charge >= 0.3 is 6.09 Å². The van der Waals surface area contributed by atoms with Gasteiger partial charge in [-0.25, -0.2) is 4.79 Å². The third kappa shape index (κ3) is 43.4. The molecule has 540 valence electrons. The molecule has 0 aliphatic carbocycles. The number of allylic oxidation sites excluding steroid dienone is 4. The molecule has 4 fully saturated rings. The minimum atomic E-state index is -0.699. The van der Waals surface area contributed by atoms with Crippen molar-refractivity contribution in [2.45, 2.75) is 321 Å². The number of hydrogen-bond acceptors (Lipinski definition) is 18. The van der Waals surface area contributed by atoms with Gasteiger partial charge in [0.05, 0.1) is 105 Å². The van der Waals surface area contributed by atoms with E-state index in [0.29, 0.717) is 72.7 Å². The van der Waals surface area contributed by atoms with Crippen molar-refractivity contribution in [1.82, 2.24) is 5.32 Å². The van der Waals surface area contributed by atoms with Crippen molar-refractivity contribution in [3.8, 4) is 0 Å². The average molecular weight is 1310 g/mol. The number of ether oxygens (including phenoxy) is 17. The first-order valence-corrected chi connectivity index (χ1v) is 36.7. The number of nitrogens with one attached hydrogen (secondary N) is 1. The minimum absolute atomic E-state index is 0.00961. The van der Waals surface area contributed by atoms with Gasteiger partial charge in [0.2, 0.25) is 0 Å². The van der Waals surface area contributed by atoms with Crippen molar-refractivity contribution in [3.63, 3.8) is 0 Å². The van der Waals surface area contributed by atoms with E-state index in [1.54, 1.807) is 0 Å². The highest BCUT2D eigenvalue weighted by atomic mass is 16.8. The number of carbonyl (C=O) groups excluding carboxylic acids is 1. The maximum absolute atomic E-state index is 14.1. The molecule has 4 aliphatic rings. The molecule has 19 heteroatoms. The molecule has 0 spiro atoms. The van der Waals surface area contributed by atoms with Gasteiger partial charge in [-0.3, -0.25) is 0 Å². The smallest absolute Gasteiger partial charge is 0.407 e. The Hall–Kier alpha value is -1.89. The zero-order chi connectivity index (χ0) is 66.3. The van der Waals surface area contributed by atoms with Gasteiger partial charge in [-0.1, -0.05) is 154 Å². The second-order valence-electron chi connectivity index (χ2n) is 27.7. The van der Waals surface area contributed by atoms with Crippen molar-refractivity contribution in [2.24, 2.45) is 0 Å². The Bertz CT molecular complexity index is 1700. The van der Waals surface area contributed by atoms with E-state index in [4.69, 9.17) is 80.5 Å². The molecule has 4 saturated heterocycles. The van der Waals surface area contributed by atoms with Crippen molar-refractivity contribution >= 4 is 6.09 Å². The van der Waals surface area contributed by atoms with Crippen LogP contribution in [-0.2, 0) is 80.5 Å².